The van der Waals surface area contributed by atoms with Gasteiger partial charge in [0.2, 0.25) is 11.8 Å². The van der Waals surface area contributed by atoms with E-state index in [1.54, 1.807) is 0 Å². The van der Waals surface area contributed by atoms with Gasteiger partial charge in [-0.05, 0) is 49.8 Å². The molecule has 0 spiro atoms. The zero-order chi connectivity index (χ0) is 20.6. The molecule has 0 unspecified atom stereocenters. The molecule has 1 N–H and O–H groups in total. The number of nitrogens with one attached hydrogen (secondary N) is 1. The second-order valence-electron chi connectivity index (χ2n) is 8.20. The lowest BCUT2D eigenvalue weighted by molar-refractivity contribution is -0.137. The maximum Gasteiger partial charge on any atom is 0.416 e. The number of anilines is 1. The monoisotopic (exact) mass is 426 g/mol. The molecule has 1 saturated heterocycles. The molecule has 0 bridgehead atoms. The summed E-state index contributed by atoms with van der Waals surface area (Å²) in [6.45, 7) is 0.741. The van der Waals surface area contributed by atoms with Gasteiger partial charge < -0.3 is 10.2 Å². The van der Waals surface area contributed by atoms with Crippen molar-refractivity contribution in [1.29, 1.82) is 0 Å². The van der Waals surface area contributed by atoms with Crippen molar-refractivity contribution in [3.8, 4) is 0 Å². The highest BCUT2D eigenvalue weighted by Crippen LogP contribution is 2.41. The molecule has 1 aromatic rings. The lowest BCUT2D eigenvalue weighted by Gasteiger charge is -2.35. The number of rotatable bonds is 3. The summed E-state index contributed by atoms with van der Waals surface area (Å²) in [5.74, 6) is 0.147. The minimum atomic E-state index is -4.46. The molecule has 1 aliphatic carbocycles. The van der Waals surface area contributed by atoms with Gasteiger partial charge in [0.1, 0.15) is 0 Å². The SMILES string of the molecule is O=C1Nc2cc(C(F)(F)F)ccc2S[C@H]1CC(=O)N1CCC[C@H]1C1CCCCC1. The molecule has 1 saturated carbocycles. The van der Waals surface area contributed by atoms with Gasteiger partial charge in [-0.15, -0.1) is 11.8 Å². The van der Waals surface area contributed by atoms with Crippen LogP contribution in [0.2, 0.25) is 0 Å². The Morgan fingerprint density at radius 1 is 1.14 bits per heavy atom. The van der Waals surface area contributed by atoms with E-state index in [0.717, 1.165) is 31.5 Å². The largest absolute Gasteiger partial charge is 0.416 e. The number of nitrogens with zero attached hydrogens (tertiary/aromatic N) is 1. The Hall–Kier alpha value is -1.70. The third kappa shape index (κ3) is 4.42. The molecule has 29 heavy (non-hydrogen) atoms. The summed E-state index contributed by atoms with van der Waals surface area (Å²) in [7, 11) is 0. The smallest absolute Gasteiger partial charge is 0.339 e. The van der Waals surface area contributed by atoms with Crippen molar-refractivity contribution in [3.63, 3.8) is 0 Å². The van der Waals surface area contributed by atoms with Crippen LogP contribution >= 0.6 is 11.8 Å². The van der Waals surface area contributed by atoms with Crippen LogP contribution < -0.4 is 5.32 Å². The summed E-state index contributed by atoms with van der Waals surface area (Å²) in [5, 5.41) is 1.95. The van der Waals surface area contributed by atoms with Crippen LogP contribution in [0.25, 0.3) is 0 Å². The summed E-state index contributed by atoms with van der Waals surface area (Å²) < 4.78 is 38.7. The van der Waals surface area contributed by atoms with E-state index in [-0.39, 0.29) is 24.1 Å². The number of carbonyl (C=O) groups is 2. The van der Waals surface area contributed by atoms with Crippen molar-refractivity contribution < 1.29 is 22.8 Å². The zero-order valence-electron chi connectivity index (χ0n) is 16.1. The van der Waals surface area contributed by atoms with Gasteiger partial charge in [-0.25, -0.2) is 0 Å². The van der Waals surface area contributed by atoms with Crippen molar-refractivity contribution in [2.75, 3.05) is 11.9 Å². The van der Waals surface area contributed by atoms with Gasteiger partial charge in [0.05, 0.1) is 16.5 Å². The number of carbonyl (C=O) groups excluding carboxylic acids is 2. The number of fused-ring (bicyclic) bond motifs is 1. The highest BCUT2D eigenvalue weighted by atomic mass is 32.2. The van der Waals surface area contributed by atoms with Crippen LogP contribution in [0, 0.1) is 5.92 Å². The minimum Gasteiger partial charge on any atom is -0.339 e. The van der Waals surface area contributed by atoms with Crippen molar-refractivity contribution in [2.45, 2.75) is 73.7 Å². The number of hydrogen-bond acceptors (Lipinski definition) is 3. The van der Waals surface area contributed by atoms with E-state index in [2.05, 4.69) is 5.32 Å². The first-order chi connectivity index (χ1) is 13.8. The Bertz CT molecular complexity index is 793. The van der Waals surface area contributed by atoms with Gasteiger partial charge >= 0.3 is 6.18 Å². The molecule has 158 valence electrons. The highest BCUT2D eigenvalue weighted by Gasteiger charge is 2.38. The predicted molar refractivity (Wildman–Crippen MR) is 106 cm³/mol. The fraction of sp³-hybridized carbons (Fsp3) is 0.619. The van der Waals surface area contributed by atoms with Gasteiger partial charge in [0, 0.05) is 23.9 Å². The van der Waals surface area contributed by atoms with Gasteiger partial charge in [-0.3, -0.25) is 9.59 Å². The number of amides is 2. The third-order valence-electron chi connectivity index (χ3n) is 6.30. The van der Waals surface area contributed by atoms with Crippen LogP contribution in [-0.2, 0) is 15.8 Å². The number of thioether (sulfide) groups is 1. The summed E-state index contributed by atoms with van der Waals surface area (Å²) >= 11 is 1.18. The van der Waals surface area contributed by atoms with E-state index in [4.69, 9.17) is 0 Å². The summed E-state index contributed by atoms with van der Waals surface area (Å²) in [4.78, 5) is 28.0. The van der Waals surface area contributed by atoms with Gasteiger partial charge in [0.25, 0.3) is 0 Å². The van der Waals surface area contributed by atoms with Crippen molar-refractivity contribution >= 4 is 29.3 Å². The molecular formula is C21H25F3N2O2S. The van der Waals surface area contributed by atoms with Crippen LogP contribution in [0.4, 0.5) is 18.9 Å². The predicted octanol–water partition coefficient (Wildman–Crippen LogP) is 5.08. The number of halogens is 3. The van der Waals surface area contributed by atoms with E-state index < -0.39 is 22.9 Å². The zero-order valence-corrected chi connectivity index (χ0v) is 17.0. The molecule has 2 aliphatic heterocycles. The van der Waals surface area contributed by atoms with Crippen molar-refractivity contribution in [1.82, 2.24) is 4.90 Å². The molecule has 4 rings (SSSR count). The Balaban J connectivity index is 1.43. The maximum absolute atomic E-state index is 13.0. The van der Waals surface area contributed by atoms with Crippen LogP contribution in [-0.4, -0.2) is 34.6 Å². The molecule has 0 radical (unpaired) electrons. The molecule has 4 nitrogen and oxygen atoms in total. The summed E-state index contributed by atoms with van der Waals surface area (Å²) in [5.41, 5.74) is -0.626. The number of alkyl halides is 3. The van der Waals surface area contributed by atoms with E-state index in [1.165, 1.54) is 49.9 Å². The average molecular weight is 427 g/mol. The molecule has 2 fully saturated rings. The first-order valence-corrected chi connectivity index (χ1v) is 11.2. The fourth-order valence-electron chi connectivity index (χ4n) is 4.85. The first-order valence-electron chi connectivity index (χ1n) is 10.3. The molecule has 2 amide bonds. The third-order valence-corrected chi connectivity index (χ3v) is 7.58. The summed E-state index contributed by atoms with van der Waals surface area (Å²) in [6, 6.07) is 3.63. The van der Waals surface area contributed by atoms with E-state index in [1.807, 2.05) is 4.90 Å². The molecular weight excluding hydrogens is 401 g/mol. The first kappa shape index (κ1) is 20.6. The van der Waals surface area contributed by atoms with Gasteiger partial charge in [0.15, 0.2) is 0 Å². The highest BCUT2D eigenvalue weighted by molar-refractivity contribution is 8.01. The quantitative estimate of drug-likeness (QED) is 0.733. The standard InChI is InChI=1S/C21H25F3N2O2S/c22-21(23,24)14-8-9-17-15(11-14)25-20(28)18(29-17)12-19(27)26-10-4-7-16(26)13-5-2-1-3-6-13/h8-9,11,13,16,18H,1-7,10,12H2,(H,25,28)/t16-,18-/m0/s1. The number of likely N-dealkylation sites (tertiary alicyclic amines) is 1. The lowest BCUT2D eigenvalue weighted by Crippen LogP contribution is -2.43. The van der Waals surface area contributed by atoms with Crippen molar-refractivity contribution in [3.05, 3.63) is 23.8 Å². The van der Waals surface area contributed by atoms with Crippen LogP contribution in [0.1, 0.15) is 56.9 Å². The topological polar surface area (TPSA) is 49.4 Å². The number of hydrogen-bond donors (Lipinski definition) is 1. The second-order valence-corrected chi connectivity index (χ2v) is 9.45. The Morgan fingerprint density at radius 3 is 2.62 bits per heavy atom. The average Bonchev–Trinajstić information content (AvgIpc) is 3.18. The maximum atomic E-state index is 13.0. The van der Waals surface area contributed by atoms with Crippen LogP contribution in [0.3, 0.4) is 0 Å². The fourth-order valence-corrected chi connectivity index (χ4v) is 5.93. The molecule has 1 aromatic carbocycles. The minimum absolute atomic E-state index is 0.0129. The van der Waals surface area contributed by atoms with Crippen molar-refractivity contribution in [2.24, 2.45) is 5.92 Å². The van der Waals surface area contributed by atoms with E-state index in [0.29, 0.717) is 10.8 Å². The Kier molecular flexibility index (Phi) is 5.82. The Labute approximate surface area is 172 Å². The molecule has 3 aliphatic rings. The molecule has 0 aromatic heterocycles. The van der Waals surface area contributed by atoms with Crippen LogP contribution in [0.15, 0.2) is 23.1 Å². The van der Waals surface area contributed by atoms with Gasteiger partial charge in [-0.1, -0.05) is 19.3 Å². The molecule has 2 heterocycles. The van der Waals surface area contributed by atoms with Gasteiger partial charge in [-0.2, -0.15) is 13.2 Å². The summed E-state index contributed by atoms with van der Waals surface area (Å²) in [6.07, 6.45) is 3.71. The molecule has 2 atom stereocenters. The second kappa shape index (κ2) is 8.20. The number of benzene rings is 1. The normalized spacial score (nSPS) is 25.6. The van der Waals surface area contributed by atoms with E-state index in [9.17, 15) is 22.8 Å². The Morgan fingerprint density at radius 2 is 1.90 bits per heavy atom. The lowest BCUT2D eigenvalue weighted by atomic mass is 9.83. The van der Waals surface area contributed by atoms with Crippen LogP contribution in [0.5, 0.6) is 0 Å². The molecule has 8 heteroatoms. The van der Waals surface area contributed by atoms with E-state index >= 15 is 0 Å².